The molecule has 2 aromatic carbocycles. The molecule has 4 nitrogen and oxygen atoms in total. The quantitative estimate of drug-likeness (QED) is 0.306. The fraction of sp³-hybridized carbons (Fsp3) is 0.500. The molecule has 0 heterocycles. The average molecular weight is 455 g/mol. The van der Waals surface area contributed by atoms with Crippen molar-refractivity contribution in [1.29, 1.82) is 10.5 Å². The number of carbonyl (C=O) groups excluding carboxylic acids is 1. The van der Waals surface area contributed by atoms with Crippen molar-refractivity contribution in [2.24, 2.45) is 10.8 Å². The second-order valence-electron chi connectivity index (χ2n) is 10.3. The maximum atomic E-state index is 11.5. The van der Waals surface area contributed by atoms with E-state index in [-0.39, 0.29) is 5.97 Å². The van der Waals surface area contributed by atoms with E-state index in [0.717, 1.165) is 29.5 Å². The number of rotatable bonds is 8. The van der Waals surface area contributed by atoms with Crippen molar-refractivity contribution in [2.75, 3.05) is 0 Å². The molecule has 3 aliphatic rings. The number of aryl methyl sites for hydroxylation is 1. The Kier molecular flexibility index (Phi) is 7.08. The lowest BCUT2D eigenvalue weighted by atomic mass is 9.51. The Morgan fingerprint density at radius 2 is 1.44 bits per heavy atom. The number of esters is 1. The normalized spacial score (nSPS) is 23.2. The monoisotopic (exact) mass is 454 g/mol. The number of carbonyl (C=O) groups is 1. The lowest BCUT2D eigenvalue weighted by molar-refractivity contribution is -0.134. The van der Waals surface area contributed by atoms with Crippen LogP contribution in [0.3, 0.4) is 0 Å². The van der Waals surface area contributed by atoms with Gasteiger partial charge in [0.25, 0.3) is 0 Å². The summed E-state index contributed by atoms with van der Waals surface area (Å²) in [6, 6.07) is 15.7. The van der Waals surface area contributed by atoms with E-state index in [9.17, 15) is 15.3 Å². The summed E-state index contributed by atoms with van der Waals surface area (Å²) >= 11 is 0. The van der Waals surface area contributed by atoms with Crippen LogP contribution in [0, 0.1) is 33.5 Å². The first kappa shape index (κ1) is 24.0. The first-order chi connectivity index (χ1) is 16.5. The van der Waals surface area contributed by atoms with Gasteiger partial charge in [0, 0.05) is 12.0 Å². The smallest absolute Gasteiger partial charge is 0.310 e. The van der Waals surface area contributed by atoms with Gasteiger partial charge in [-0.2, -0.15) is 10.5 Å². The Labute approximate surface area is 203 Å². The first-order valence-electron chi connectivity index (χ1n) is 12.7. The zero-order chi connectivity index (χ0) is 24.2. The first-order valence-corrected chi connectivity index (χ1v) is 12.7. The van der Waals surface area contributed by atoms with E-state index in [1.165, 1.54) is 51.4 Å². The van der Waals surface area contributed by atoms with Gasteiger partial charge in [-0.05, 0) is 91.9 Å². The van der Waals surface area contributed by atoms with Crippen LogP contribution in [-0.4, -0.2) is 5.97 Å². The predicted octanol–water partition coefficient (Wildman–Crippen LogP) is 7.49. The van der Waals surface area contributed by atoms with Gasteiger partial charge in [-0.15, -0.1) is 0 Å². The highest BCUT2D eigenvalue weighted by Crippen LogP contribution is 2.60. The van der Waals surface area contributed by atoms with E-state index in [4.69, 9.17) is 4.74 Å². The molecule has 3 fully saturated rings. The summed E-state index contributed by atoms with van der Waals surface area (Å²) in [5, 5.41) is 19.9. The number of benzene rings is 2. The lowest BCUT2D eigenvalue weighted by Gasteiger charge is -2.54. The van der Waals surface area contributed by atoms with E-state index < -0.39 is 0 Å². The molecule has 34 heavy (non-hydrogen) atoms. The van der Waals surface area contributed by atoms with Crippen molar-refractivity contribution in [3.8, 4) is 29.0 Å². The lowest BCUT2D eigenvalue weighted by Crippen LogP contribution is -2.41. The zero-order valence-electron chi connectivity index (χ0n) is 20.5. The van der Waals surface area contributed by atoms with Gasteiger partial charge >= 0.3 is 5.97 Å². The number of ether oxygens (including phenoxy) is 1. The van der Waals surface area contributed by atoms with Crippen LogP contribution in [0.4, 0.5) is 0 Å². The number of nitrogens with zero attached hydrogens (tertiary/aromatic N) is 2. The molecule has 176 valence electrons. The molecule has 5 rings (SSSR count). The highest BCUT2D eigenvalue weighted by Gasteiger charge is 2.47. The summed E-state index contributed by atoms with van der Waals surface area (Å²) in [4.78, 5) is 11.5. The van der Waals surface area contributed by atoms with E-state index in [1.807, 2.05) is 24.3 Å². The van der Waals surface area contributed by atoms with Crippen LogP contribution < -0.4 is 4.74 Å². The minimum Gasteiger partial charge on any atom is -0.427 e. The third-order valence-corrected chi connectivity index (χ3v) is 8.46. The summed E-state index contributed by atoms with van der Waals surface area (Å²) in [5.41, 5.74) is 4.53. The minimum atomic E-state index is -0.284. The predicted molar refractivity (Wildman–Crippen MR) is 133 cm³/mol. The Morgan fingerprint density at radius 1 is 0.853 bits per heavy atom. The summed E-state index contributed by atoms with van der Waals surface area (Å²) < 4.78 is 5.25. The average Bonchev–Trinajstić information content (AvgIpc) is 2.88. The van der Waals surface area contributed by atoms with Gasteiger partial charge in [0.05, 0.1) is 11.1 Å². The molecule has 0 aliphatic heterocycles. The molecule has 3 saturated carbocycles. The maximum Gasteiger partial charge on any atom is 0.310 e. The van der Waals surface area contributed by atoms with Crippen LogP contribution >= 0.6 is 0 Å². The highest BCUT2D eigenvalue weighted by molar-refractivity contribution is 5.76. The van der Waals surface area contributed by atoms with Crippen molar-refractivity contribution in [2.45, 2.75) is 84.5 Å². The summed E-state index contributed by atoms with van der Waals surface area (Å²) in [7, 11) is 0. The topological polar surface area (TPSA) is 73.9 Å². The molecule has 0 spiro atoms. The van der Waals surface area contributed by atoms with Gasteiger partial charge in [0.15, 0.2) is 0 Å². The van der Waals surface area contributed by atoms with Gasteiger partial charge in [-0.3, -0.25) is 4.79 Å². The molecule has 0 saturated heterocycles. The molecule has 0 N–H and O–H groups in total. The van der Waals surface area contributed by atoms with Crippen LogP contribution in [0.25, 0.3) is 11.1 Å². The summed E-state index contributed by atoms with van der Waals surface area (Å²) in [6.07, 6.45) is 12.9. The summed E-state index contributed by atoms with van der Waals surface area (Å²) in [6.45, 7) is 4.06. The van der Waals surface area contributed by atoms with Gasteiger partial charge in [-0.25, -0.2) is 0 Å². The number of hydrogen-bond acceptors (Lipinski definition) is 4. The Morgan fingerprint density at radius 3 is 1.97 bits per heavy atom. The molecule has 0 amide bonds. The van der Waals surface area contributed by atoms with Crippen LogP contribution in [0.5, 0.6) is 5.75 Å². The molecular formula is C30H34N2O2. The van der Waals surface area contributed by atoms with Crippen LogP contribution in [-0.2, 0) is 11.2 Å². The number of fused-ring (bicyclic) bond motifs is 3. The van der Waals surface area contributed by atoms with E-state index in [1.54, 1.807) is 19.1 Å². The van der Waals surface area contributed by atoms with Crippen molar-refractivity contribution in [3.63, 3.8) is 0 Å². The van der Waals surface area contributed by atoms with Gasteiger partial charge in [0.1, 0.15) is 17.9 Å². The third-order valence-electron chi connectivity index (χ3n) is 8.46. The minimum absolute atomic E-state index is 0.284. The van der Waals surface area contributed by atoms with E-state index >= 15 is 0 Å². The second kappa shape index (κ2) is 10.0. The van der Waals surface area contributed by atoms with Gasteiger partial charge < -0.3 is 4.74 Å². The van der Waals surface area contributed by atoms with E-state index in [0.29, 0.717) is 34.1 Å². The number of hydrogen-bond donors (Lipinski definition) is 0. The van der Waals surface area contributed by atoms with Crippen molar-refractivity contribution >= 4 is 5.97 Å². The maximum absolute atomic E-state index is 11.5. The molecule has 2 bridgehead atoms. The van der Waals surface area contributed by atoms with Gasteiger partial charge in [0.2, 0.25) is 0 Å². The Balaban J connectivity index is 1.52. The largest absolute Gasteiger partial charge is 0.427 e. The molecule has 0 atom stereocenters. The number of nitriles is 2. The third kappa shape index (κ3) is 4.74. The molecular weight excluding hydrogens is 420 g/mol. The van der Waals surface area contributed by atoms with Crippen LogP contribution in [0.2, 0.25) is 0 Å². The van der Waals surface area contributed by atoms with Crippen LogP contribution in [0.1, 0.15) is 94.7 Å². The molecule has 2 aromatic rings. The fourth-order valence-electron chi connectivity index (χ4n) is 6.27. The highest BCUT2D eigenvalue weighted by atomic mass is 16.5. The molecule has 0 aromatic heterocycles. The molecule has 0 unspecified atom stereocenters. The zero-order valence-corrected chi connectivity index (χ0v) is 20.5. The Hall–Kier alpha value is -3.11. The molecule has 3 aliphatic carbocycles. The van der Waals surface area contributed by atoms with Gasteiger partial charge in [-0.1, -0.05) is 44.5 Å². The standard InChI is InChI=1S/C30H34N2O2/c1-3-12-29-14-17-30(18-15-29,19-16-29)13-11-23-7-10-25(27(21-32)26(23)20-31)22-5-8-24(9-6-22)34-28(33)4-2/h5-10H,3-4,11-19H2,1-2H3. The molecule has 4 heteroatoms. The molecule has 0 radical (unpaired) electrons. The SMILES string of the molecule is CCCC12CCC(CCc3ccc(-c4ccc(OC(=O)CC)cc4)c(C#N)c3C#N)(CC1)CC2. The van der Waals surface area contributed by atoms with Crippen molar-refractivity contribution in [1.82, 2.24) is 0 Å². The Bertz CT molecular complexity index is 1110. The van der Waals surface area contributed by atoms with Crippen molar-refractivity contribution in [3.05, 3.63) is 53.1 Å². The van der Waals surface area contributed by atoms with Crippen molar-refractivity contribution < 1.29 is 9.53 Å². The summed E-state index contributed by atoms with van der Waals surface area (Å²) in [5.74, 6) is 0.196. The second-order valence-corrected chi connectivity index (χ2v) is 10.3. The van der Waals surface area contributed by atoms with E-state index in [2.05, 4.69) is 19.1 Å². The van der Waals surface area contributed by atoms with Crippen LogP contribution in [0.15, 0.2) is 36.4 Å². The fourth-order valence-corrected chi connectivity index (χ4v) is 6.27.